The average molecular weight is 1640 g/mol. The van der Waals surface area contributed by atoms with Gasteiger partial charge in [0, 0.05) is 107 Å². The number of nitrogens with two attached hydrogens (primary N) is 1. The second-order valence-corrected chi connectivity index (χ2v) is 30.1. The van der Waals surface area contributed by atoms with Gasteiger partial charge in [-0.1, -0.05) is 32.1 Å². The number of hydrogen-bond donors (Lipinski definition) is 5. The summed E-state index contributed by atoms with van der Waals surface area (Å²) >= 11 is 8.82. The minimum Gasteiger partial charge on any atom is -0.486 e. The Balaban J connectivity index is 0.000000165. The molecule has 0 spiro atoms. The topological polar surface area (TPSA) is 331 Å². The van der Waals surface area contributed by atoms with Crippen molar-refractivity contribution >= 4 is 73.4 Å². The van der Waals surface area contributed by atoms with E-state index in [1.165, 1.54) is 62.6 Å². The SMILES string of the molecule is CC(C)N1CCOc2c(F)cc(-c3nc(Cc4ccc(N5CCC(CCO)CC5)cn4)ncc3F)cc21.CC(C)N1CCOc2c(F)cc(-c3nc(Cl)ncc3F)cc21.Nc1ccc(N2CCC(CCO)CC2)cn1.O=[N+]([O-])c1ccc(Br)cn1.O=[N+]([O-])c1ccc(N2CCC(CCO)CC2)cn1.OCCC1CCCCC1. The van der Waals surface area contributed by atoms with E-state index < -0.39 is 33.1 Å². The molecule has 1 aliphatic carbocycles. The minimum atomic E-state index is -0.656. The average Bonchev–Trinajstić information content (AvgIpc) is 0.782. The molecule has 0 atom stereocenters. The Morgan fingerprint density at radius 3 is 1.30 bits per heavy atom. The van der Waals surface area contributed by atoms with E-state index in [1.54, 1.807) is 30.5 Å². The van der Waals surface area contributed by atoms with Crippen molar-refractivity contribution in [3.63, 3.8) is 0 Å². The molecule has 11 heterocycles. The Morgan fingerprint density at radius 1 is 0.500 bits per heavy atom. The minimum absolute atomic E-state index is 0.0315. The number of aliphatic hydroxyl groups is 4. The molecule has 1 saturated carbocycles. The number of piperidine rings is 3. The molecule has 8 aromatic rings. The summed E-state index contributed by atoms with van der Waals surface area (Å²) in [6.07, 6.45) is 26.3. The molecule has 4 fully saturated rings. The first-order valence-electron chi connectivity index (χ1n) is 38.4. The van der Waals surface area contributed by atoms with Gasteiger partial charge in [0.1, 0.15) is 36.2 Å². The van der Waals surface area contributed by atoms with Crippen molar-refractivity contribution in [2.45, 2.75) is 143 Å². The van der Waals surface area contributed by atoms with E-state index in [0.29, 0.717) is 97.8 Å². The maximum Gasteiger partial charge on any atom is 0.363 e. The number of nitro groups is 2. The van der Waals surface area contributed by atoms with E-state index >= 15 is 0 Å². The number of hydrogen-bond acceptors (Lipinski definition) is 24. The highest BCUT2D eigenvalue weighted by atomic mass is 79.9. The zero-order chi connectivity index (χ0) is 80.2. The van der Waals surface area contributed by atoms with Crippen LogP contribution in [0.2, 0.25) is 5.28 Å². The number of anilines is 6. The number of fused-ring (bicyclic) bond motifs is 2. The summed E-state index contributed by atoms with van der Waals surface area (Å²) in [6.45, 7) is 17.2. The second kappa shape index (κ2) is 43.7. The maximum atomic E-state index is 14.9. The van der Waals surface area contributed by atoms with Crippen LogP contribution in [0.4, 0.5) is 63.5 Å². The van der Waals surface area contributed by atoms with Gasteiger partial charge in [-0.05, 0) is 224 Å². The summed E-state index contributed by atoms with van der Waals surface area (Å²) in [5.41, 5.74) is 11.3. The lowest BCUT2D eigenvalue weighted by Gasteiger charge is -2.34. The molecule has 5 aliphatic heterocycles. The van der Waals surface area contributed by atoms with Crippen molar-refractivity contribution in [3.05, 3.63) is 175 Å². The molecule has 6 aromatic heterocycles. The molecule has 32 heteroatoms. The fourth-order valence-electron chi connectivity index (χ4n) is 14.4. The van der Waals surface area contributed by atoms with Crippen molar-refractivity contribution in [1.29, 1.82) is 0 Å². The number of benzene rings is 2. The van der Waals surface area contributed by atoms with E-state index in [1.807, 2.05) is 74.2 Å². The van der Waals surface area contributed by atoms with Crippen molar-refractivity contribution < 1.29 is 57.3 Å². The highest BCUT2D eigenvalue weighted by Gasteiger charge is 2.29. The van der Waals surface area contributed by atoms with Gasteiger partial charge in [-0.15, -0.1) is 0 Å². The van der Waals surface area contributed by atoms with Crippen LogP contribution >= 0.6 is 27.5 Å². The van der Waals surface area contributed by atoms with Crippen molar-refractivity contribution in [1.82, 2.24) is 39.9 Å². The highest BCUT2D eigenvalue weighted by Crippen LogP contribution is 2.42. The van der Waals surface area contributed by atoms with Gasteiger partial charge in [0.05, 0.1) is 77.2 Å². The van der Waals surface area contributed by atoms with Crippen LogP contribution in [0, 0.1) is 67.2 Å². The monoisotopic (exact) mass is 1640 g/mol. The molecule has 14 rings (SSSR count). The van der Waals surface area contributed by atoms with E-state index in [-0.39, 0.29) is 65.1 Å². The standard InChI is InChI=1S/C28H33F2N5O2.C15H14ClF2N3O.C12H17N3O3.C12H19N3O.C8H16O.C5H3BrN2O2/c1-18(2)35-10-12-37-28-23(29)13-20(14-25(28)35)27-24(30)17-32-26(33-27)15-21-3-4-22(16-31-21)34-8-5-19(6-9-34)7-11-36;1-8(2)21-3-4-22-14-10(17)5-9(6-12(14)21)13-11(18)7-19-15(16)20-13;16-8-5-10-3-6-14(7-4-10)11-1-2-12(13-9-11)15(17)18;13-12-2-1-11(9-14-12)15-6-3-10(4-7-15)5-8-16;9-7-6-8-4-2-1-3-5-8;6-4-1-2-5(7-3-4)8(9)10/h3-4,13-14,16-19,36H,5-12,15H2,1-2H3;5-8H,3-4H2,1-2H3;1-2,9-10,16H,3-8H2;1-2,9-10,16H,3-8H2,(H2,13,14);8-9H,1-7H2;1-3H. The smallest absolute Gasteiger partial charge is 0.363 e. The fourth-order valence-corrected chi connectivity index (χ4v) is 14.8. The van der Waals surface area contributed by atoms with Gasteiger partial charge >= 0.3 is 11.6 Å². The van der Waals surface area contributed by atoms with Crippen molar-refractivity contribution in [2.24, 2.45) is 23.7 Å². The molecule has 0 unspecified atom stereocenters. The zero-order valence-electron chi connectivity index (χ0n) is 63.9. The summed E-state index contributed by atoms with van der Waals surface area (Å²) in [7, 11) is 0. The lowest BCUT2D eigenvalue weighted by Crippen LogP contribution is -2.38. The Hall–Kier alpha value is -9.27. The third-order valence-corrected chi connectivity index (χ3v) is 21.3. The van der Waals surface area contributed by atoms with Gasteiger partial charge in [-0.3, -0.25) is 4.98 Å². The molecule has 6 N–H and O–H groups in total. The molecule has 0 amide bonds. The van der Waals surface area contributed by atoms with Gasteiger partial charge < -0.3 is 80.4 Å². The summed E-state index contributed by atoms with van der Waals surface area (Å²) in [5.74, 6) is 1.48. The molecule has 0 radical (unpaired) electrons. The maximum absolute atomic E-state index is 14.9. The Morgan fingerprint density at radius 2 is 0.911 bits per heavy atom. The highest BCUT2D eigenvalue weighted by molar-refractivity contribution is 9.10. The Bertz CT molecular complexity index is 4240. The van der Waals surface area contributed by atoms with Crippen LogP contribution in [-0.2, 0) is 6.42 Å². The lowest BCUT2D eigenvalue weighted by molar-refractivity contribution is -0.389. The molecule has 0 bridgehead atoms. The zero-order valence-corrected chi connectivity index (χ0v) is 66.2. The Labute approximate surface area is 664 Å². The first kappa shape index (κ1) is 86.7. The van der Waals surface area contributed by atoms with Crippen LogP contribution in [0.3, 0.4) is 0 Å². The third-order valence-electron chi connectivity index (χ3n) is 20.7. The van der Waals surface area contributed by atoms with Crippen molar-refractivity contribution in [2.75, 3.05) is 122 Å². The summed E-state index contributed by atoms with van der Waals surface area (Å²) in [5, 5.41) is 56.0. The lowest BCUT2D eigenvalue weighted by atomic mass is 9.87. The van der Waals surface area contributed by atoms with Crippen molar-refractivity contribution in [3.8, 4) is 34.0 Å². The molecule has 26 nitrogen and oxygen atoms in total. The second-order valence-electron chi connectivity index (χ2n) is 28.9. The fraction of sp³-hybridized carbons (Fsp3) is 0.500. The van der Waals surface area contributed by atoms with Gasteiger partial charge in [0.25, 0.3) is 0 Å². The quantitative estimate of drug-likeness (QED) is 0.0217. The van der Waals surface area contributed by atoms with Crippen LogP contribution < -0.4 is 39.7 Å². The number of nitrogens with zero attached hydrogens (tertiary/aromatic N) is 15. The summed E-state index contributed by atoms with van der Waals surface area (Å²) in [6, 6.07) is 20.1. The molecule has 112 heavy (non-hydrogen) atoms. The molecule has 6 aliphatic rings. The predicted molar refractivity (Wildman–Crippen MR) is 429 cm³/mol. The normalized spacial score (nSPS) is 15.9. The first-order valence-corrected chi connectivity index (χ1v) is 39.6. The predicted octanol–water partition coefficient (Wildman–Crippen LogP) is 14.8. The molecule has 2 aromatic carbocycles. The number of aliphatic hydroxyl groups excluding tert-OH is 4. The largest absolute Gasteiger partial charge is 0.486 e. The van der Waals surface area contributed by atoms with Crippen LogP contribution in [0.15, 0.2) is 114 Å². The number of aromatic nitrogens is 8. The summed E-state index contributed by atoms with van der Waals surface area (Å²) < 4.78 is 69.7. The molecular formula is C80H102BrClF4N16O10. The van der Waals surface area contributed by atoms with Crippen LogP contribution in [0.1, 0.15) is 136 Å². The molecule has 3 saturated heterocycles. The molecular weight excluding hydrogens is 1540 g/mol. The van der Waals surface area contributed by atoms with Crippen LogP contribution in [-0.4, -0.2) is 174 Å². The number of ether oxygens (including phenoxy) is 2. The summed E-state index contributed by atoms with van der Waals surface area (Å²) in [4.78, 5) is 62.5. The van der Waals surface area contributed by atoms with E-state index in [9.17, 15) is 37.8 Å². The number of rotatable bonds is 19. The van der Waals surface area contributed by atoms with E-state index in [2.05, 4.69) is 70.5 Å². The molecule has 604 valence electrons. The van der Waals surface area contributed by atoms with E-state index in [0.717, 1.165) is 149 Å². The van der Waals surface area contributed by atoms with E-state index in [4.69, 9.17) is 47.2 Å². The first-order chi connectivity index (χ1) is 54.0. The number of pyridine rings is 4. The van der Waals surface area contributed by atoms with Gasteiger partial charge in [0.15, 0.2) is 47.2 Å². The third kappa shape index (κ3) is 25.4. The van der Waals surface area contributed by atoms with Gasteiger partial charge in [-0.2, -0.15) is 0 Å². The van der Waals surface area contributed by atoms with Gasteiger partial charge in [0.2, 0.25) is 5.28 Å². The van der Waals surface area contributed by atoms with Crippen LogP contribution in [0.5, 0.6) is 11.5 Å². The van der Waals surface area contributed by atoms with Gasteiger partial charge in [-0.25, -0.2) is 42.5 Å². The number of halogens is 6. The van der Waals surface area contributed by atoms with Crippen LogP contribution in [0.25, 0.3) is 22.5 Å². The Kier molecular flexibility index (Phi) is 33.8. The number of nitrogen functional groups attached to an aromatic ring is 1.